The molecule has 1 saturated carbocycles. The Balaban J connectivity index is 2.00. The molecule has 2 aliphatic rings. The number of rotatable bonds is 5. The summed E-state index contributed by atoms with van der Waals surface area (Å²) in [6, 6.07) is 0.111. The molecule has 0 bridgehead atoms. The third-order valence-corrected chi connectivity index (χ3v) is 4.73. The maximum Gasteiger partial charge on any atom is 0.305 e. The van der Waals surface area contributed by atoms with Crippen LogP contribution in [0.2, 0.25) is 0 Å². The van der Waals surface area contributed by atoms with Crippen molar-refractivity contribution in [3.63, 3.8) is 0 Å². The number of aliphatic carboxylic acids is 1. The first-order valence-corrected chi connectivity index (χ1v) is 8.36. The summed E-state index contributed by atoms with van der Waals surface area (Å²) in [6.45, 7) is 3.84. The third kappa shape index (κ3) is 5.13. The summed E-state index contributed by atoms with van der Waals surface area (Å²) >= 11 is 0. The summed E-state index contributed by atoms with van der Waals surface area (Å²) in [4.78, 5) is 25.2. The predicted octanol–water partition coefficient (Wildman–Crippen LogP) is 2.61. The van der Waals surface area contributed by atoms with E-state index in [0.717, 1.165) is 44.4 Å². The molecule has 5 nitrogen and oxygen atoms in total. The number of allylic oxidation sites excluding steroid dienone is 1. The van der Waals surface area contributed by atoms with Gasteiger partial charge in [-0.05, 0) is 44.4 Å². The number of ether oxygens (including phenoxy) is 1. The van der Waals surface area contributed by atoms with Gasteiger partial charge in [-0.3, -0.25) is 9.59 Å². The Bertz CT molecular complexity index is 416. The minimum Gasteiger partial charge on any atom is -0.481 e. The molecule has 124 valence electrons. The molecule has 0 aromatic rings. The van der Waals surface area contributed by atoms with Crippen LogP contribution in [0.4, 0.5) is 0 Å². The Hall–Kier alpha value is -1.36. The second kappa shape index (κ2) is 8.32. The number of nitrogens with zero attached hydrogens (tertiary/aromatic N) is 1. The fraction of sp³-hybridized carbons (Fsp3) is 0.765. The van der Waals surface area contributed by atoms with Crippen LogP contribution in [0.15, 0.2) is 11.6 Å². The predicted molar refractivity (Wildman–Crippen MR) is 83.5 cm³/mol. The smallest absolute Gasteiger partial charge is 0.305 e. The number of carbonyl (C=O) groups excluding carboxylic acids is 1. The Morgan fingerprint density at radius 1 is 1.23 bits per heavy atom. The second-order valence-electron chi connectivity index (χ2n) is 6.50. The van der Waals surface area contributed by atoms with Gasteiger partial charge in [-0.2, -0.15) is 0 Å². The molecule has 2 fully saturated rings. The van der Waals surface area contributed by atoms with E-state index in [0.29, 0.717) is 19.8 Å². The van der Waals surface area contributed by atoms with Crippen molar-refractivity contribution < 1.29 is 19.4 Å². The van der Waals surface area contributed by atoms with Gasteiger partial charge in [0.15, 0.2) is 0 Å². The molecule has 1 aliphatic carbocycles. The molecular formula is C17H27NO4. The number of hydrogen-bond donors (Lipinski definition) is 1. The van der Waals surface area contributed by atoms with Crippen molar-refractivity contribution in [1.29, 1.82) is 0 Å². The number of carbonyl (C=O) groups is 2. The Morgan fingerprint density at radius 2 is 1.86 bits per heavy atom. The molecule has 0 aromatic carbocycles. The molecule has 0 aromatic heterocycles. The molecule has 0 atom stereocenters. The monoisotopic (exact) mass is 309 g/mol. The van der Waals surface area contributed by atoms with Gasteiger partial charge < -0.3 is 14.7 Å². The van der Waals surface area contributed by atoms with E-state index in [1.807, 2.05) is 0 Å². The first kappa shape index (κ1) is 17.0. The molecule has 0 radical (unpaired) electrons. The van der Waals surface area contributed by atoms with Crippen LogP contribution >= 0.6 is 0 Å². The van der Waals surface area contributed by atoms with Crippen LogP contribution in [0.25, 0.3) is 0 Å². The summed E-state index contributed by atoms with van der Waals surface area (Å²) in [5.41, 5.74) is 1.22. The van der Waals surface area contributed by atoms with Crippen LogP contribution in [-0.4, -0.2) is 47.7 Å². The molecule has 1 N–H and O–H groups in total. The lowest BCUT2D eigenvalue weighted by atomic mass is 9.87. The van der Waals surface area contributed by atoms with Crippen LogP contribution in [0.5, 0.6) is 0 Å². The van der Waals surface area contributed by atoms with Gasteiger partial charge in [0.05, 0.1) is 6.42 Å². The number of amides is 1. The molecule has 22 heavy (non-hydrogen) atoms. The largest absolute Gasteiger partial charge is 0.481 e. The van der Waals surface area contributed by atoms with Gasteiger partial charge in [0.25, 0.3) is 0 Å². The average Bonchev–Trinajstić information content (AvgIpc) is 2.50. The second-order valence-corrected chi connectivity index (χ2v) is 6.50. The number of hydrogen-bond acceptors (Lipinski definition) is 3. The maximum absolute atomic E-state index is 12.6. The highest BCUT2D eigenvalue weighted by atomic mass is 16.5. The number of carboxylic acid groups (broad SMARTS) is 1. The topological polar surface area (TPSA) is 66.8 Å². The van der Waals surface area contributed by atoms with Crippen LogP contribution in [0.1, 0.15) is 51.9 Å². The lowest BCUT2D eigenvalue weighted by molar-refractivity contribution is -0.138. The molecule has 0 unspecified atom stereocenters. The fourth-order valence-electron chi connectivity index (χ4n) is 3.22. The van der Waals surface area contributed by atoms with E-state index >= 15 is 0 Å². The van der Waals surface area contributed by atoms with Gasteiger partial charge in [0.1, 0.15) is 0 Å². The lowest BCUT2D eigenvalue weighted by Crippen LogP contribution is -2.44. The summed E-state index contributed by atoms with van der Waals surface area (Å²) in [5, 5.41) is 8.92. The van der Waals surface area contributed by atoms with E-state index in [9.17, 15) is 9.59 Å². The van der Waals surface area contributed by atoms with Gasteiger partial charge in [-0.1, -0.05) is 12.5 Å². The van der Waals surface area contributed by atoms with Gasteiger partial charge >= 0.3 is 5.97 Å². The average molecular weight is 309 g/mol. The SMILES string of the molecule is CC1CCC(=CC(=O)N(CCC(=O)O)C2CCOCC2)CC1. The maximum atomic E-state index is 12.6. The van der Waals surface area contributed by atoms with Crippen molar-refractivity contribution in [2.24, 2.45) is 5.92 Å². The molecule has 5 heteroatoms. The zero-order chi connectivity index (χ0) is 15.9. The quantitative estimate of drug-likeness (QED) is 0.793. The summed E-state index contributed by atoms with van der Waals surface area (Å²) < 4.78 is 5.35. The normalized spacial score (nSPS) is 23.1. The van der Waals surface area contributed by atoms with Crippen molar-refractivity contribution in [2.75, 3.05) is 19.8 Å². The molecular weight excluding hydrogens is 282 g/mol. The van der Waals surface area contributed by atoms with Crippen molar-refractivity contribution >= 4 is 11.9 Å². The van der Waals surface area contributed by atoms with Crippen LogP contribution < -0.4 is 0 Å². The molecule has 2 rings (SSSR count). The molecule has 1 amide bonds. The summed E-state index contributed by atoms with van der Waals surface area (Å²) in [6.07, 6.45) is 7.64. The van der Waals surface area contributed by atoms with Gasteiger partial charge in [-0.15, -0.1) is 0 Å². The Morgan fingerprint density at radius 3 is 2.45 bits per heavy atom. The van der Waals surface area contributed by atoms with E-state index in [1.165, 1.54) is 5.57 Å². The Kier molecular flexibility index (Phi) is 6.43. The van der Waals surface area contributed by atoms with Crippen molar-refractivity contribution in [1.82, 2.24) is 4.90 Å². The first-order chi connectivity index (χ1) is 10.6. The van der Waals surface area contributed by atoms with E-state index in [4.69, 9.17) is 9.84 Å². The molecule has 0 spiro atoms. The highest BCUT2D eigenvalue weighted by Crippen LogP contribution is 2.28. The van der Waals surface area contributed by atoms with Crippen molar-refractivity contribution in [2.45, 2.75) is 57.9 Å². The van der Waals surface area contributed by atoms with E-state index in [2.05, 4.69) is 6.92 Å². The van der Waals surface area contributed by atoms with Gasteiger partial charge in [0, 0.05) is 31.9 Å². The van der Waals surface area contributed by atoms with Gasteiger partial charge in [0.2, 0.25) is 5.91 Å². The lowest BCUT2D eigenvalue weighted by Gasteiger charge is -2.34. The van der Waals surface area contributed by atoms with E-state index in [1.54, 1.807) is 11.0 Å². The minimum absolute atomic E-state index is 0.00328. The van der Waals surface area contributed by atoms with Crippen LogP contribution in [-0.2, 0) is 14.3 Å². The van der Waals surface area contributed by atoms with Crippen molar-refractivity contribution in [3.05, 3.63) is 11.6 Å². The molecule has 1 saturated heterocycles. The standard InChI is InChI=1S/C17H27NO4/c1-13-2-4-14(5-3-13)12-16(19)18(9-6-17(20)21)15-7-10-22-11-8-15/h12-13,15H,2-11H2,1H3,(H,20,21). The summed E-state index contributed by atoms with van der Waals surface area (Å²) in [7, 11) is 0. The Labute approximate surface area is 132 Å². The fourth-order valence-corrected chi connectivity index (χ4v) is 3.22. The van der Waals surface area contributed by atoms with Crippen LogP contribution in [0.3, 0.4) is 0 Å². The minimum atomic E-state index is -0.857. The van der Waals surface area contributed by atoms with Gasteiger partial charge in [-0.25, -0.2) is 0 Å². The third-order valence-electron chi connectivity index (χ3n) is 4.73. The van der Waals surface area contributed by atoms with E-state index in [-0.39, 0.29) is 18.4 Å². The zero-order valence-corrected chi connectivity index (χ0v) is 13.4. The number of carboxylic acids is 1. The first-order valence-electron chi connectivity index (χ1n) is 8.36. The van der Waals surface area contributed by atoms with Crippen LogP contribution in [0, 0.1) is 5.92 Å². The zero-order valence-electron chi connectivity index (χ0n) is 13.4. The highest BCUT2D eigenvalue weighted by Gasteiger charge is 2.25. The highest BCUT2D eigenvalue weighted by molar-refractivity contribution is 5.89. The molecule has 1 aliphatic heterocycles. The van der Waals surface area contributed by atoms with E-state index < -0.39 is 5.97 Å². The van der Waals surface area contributed by atoms with Crippen molar-refractivity contribution in [3.8, 4) is 0 Å². The molecule has 1 heterocycles. The summed E-state index contributed by atoms with van der Waals surface area (Å²) in [5.74, 6) is -0.132.